The van der Waals surface area contributed by atoms with Crippen molar-refractivity contribution < 1.29 is 0 Å². The van der Waals surface area contributed by atoms with E-state index in [2.05, 4.69) is 17.1 Å². The molecule has 2 heteroatoms. The van der Waals surface area contributed by atoms with E-state index in [0.717, 1.165) is 24.0 Å². The number of benzene rings is 1. The van der Waals surface area contributed by atoms with Gasteiger partial charge in [0, 0.05) is 12.4 Å². The van der Waals surface area contributed by atoms with Gasteiger partial charge < -0.3 is 0 Å². The highest BCUT2D eigenvalue weighted by Crippen LogP contribution is 2.11. The molecule has 0 radical (unpaired) electrons. The molecule has 2 aromatic rings. The Hall–Kier alpha value is -2.14. The van der Waals surface area contributed by atoms with Gasteiger partial charge in [0.1, 0.15) is 0 Å². The topological polar surface area (TPSA) is 36.7 Å². The second-order valence-corrected chi connectivity index (χ2v) is 3.63. The second-order valence-electron chi connectivity index (χ2n) is 3.63. The quantitative estimate of drug-likeness (QED) is 0.777. The molecular weight excluding hydrogens is 196 g/mol. The number of pyridine rings is 1. The first-order valence-corrected chi connectivity index (χ1v) is 5.27. The van der Waals surface area contributed by atoms with Crippen LogP contribution in [0.15, 0.2) is 48.8 Å². The van der Waals surface area contributed by atoms with Gasteiger partial charge in [0.2, 0.25) is 0 Å². The summed E-state index contributed by atoms with van der Waals surface area (Å²) in [5.74, 6) is 0. The molecule has 0 bridgehead atoms. The lowest BCUT2D eigenvalue weighted by Gasteiger charge is -2.03. The Morgan fingerprint density at radius 2 is 1.94 bits per heavy atom. The van der Waals surface area contributed by atoms with Crippen LogP contribution in [0.25, 0.3) is 0 Å². The number of hydrogen-bond acceptors (Lipinski definition) is 2. The third-order valence-electron chi connectivity index (χ3n) is 2.54. The molecular formula is C14H12N2. The minimum absolute atomic E-state index is 0.770. The van der Waals surface area contributed by atoms with E-state index in [1.165, 1.54) is 5.56 Å². The molecule has 0 saturated heterocycles. The third kappa shape index (κ3) is 2.46. The van der Waals surface area contributed by atoms with Gasteiger partial charge in [-0.2, -0.15) is 5.26 Å². The normalized spacial score (nSPS) is 9.69. The Morgan fingerprint density at radius 1 is 1.06 bits per heavy atom. The molecule has 16 heavy (non-hydrogen) atoms. The van der Waals surface area contributed by atoms with Crippen molar-refractivity contribution in [2.24, 2.45) is 0 Å². The molecule has 0 aliphatic carbocycles. The van der Waals surface area contributed by atoms with Gasteiger partial charge in [0.15, 0.2) is 0 Å². The van der Waals surface area contributed by atoms with Crippen LogP contribution in [0.2, 0.25) is 0 Å². The molecule has 1 aromatic heterocycles. The van der Waals surface area contributed by atoms with Crippen molar-refractivity contribution in [3.05, 3.63) is 65.5 Å². The highest BCUT2D eigenvalue weighted by Gasteiger charge is 2.00. The first kappa shape index (κ1) is 10.4. The Balaban J connectivity index is 2.09. The zero-order valence-corrected chi connectivity index (χ0v) is 8.93. The molecule has 2 nitrogen and oxygen atoms in total. The van der Waals surface area contributed by atoms with Crippen LogP contribution >= 0.6 is 0 Å². The van der Waals surface area contributed by atoms with Gasteiger partial charge >= 0.3 is 0 Å². The van der Waals surface area contributed by atoms with Crippen molar-refractivity contribution in [3.63, 3.8) is 0 Å². The Labute approximate surface area is 95.2 Å². The minimum Gasteiger partial charge on any atom is -0.264 e. The van der Waals surface area contributed by atoms with E-state index >= 15 is 0 Å². The summed E-state index contributed by atoms with van der Waals surface area (Å²) >= 11 is 0. The van der Waals surface area contributed by atoms with E-state index in [0.29, 0.717) is 0 Å². The highest BCUT2D eigenvalue weighted by molar-refractivity contribution is 5.37. The monoisotopic (exact) mass is 208 g/mol. The molecule has 0 fully saturated rings. The average Bonchev–Trinajstić information content (AvgIpc) is 2.38. The fourth-order valence-electron chi connectivity index (χ4n) is 1.67. The molecule has 0 N–H and O–H groups in total. The number of aromatic nitrogens is 1. The van der Waals surface area contributed by atoms with Crippen molar-refractivity contribution in [2.75, 3.05) is 0 Å². The first-order valence-electron chi connectivity index (χ1n) is 5.27. The summed E-state index contributed by atoms with van der Waals surface area (Å²) in [6.07, 6.45) is 5.45. The van der Waals surface area contributed by atoms with Gasteiger partial charge in [-0.05, 0) is 36.1 Å². The van der Waals surface area contributed by atoms with E-state index < -0.39 is 0 Å². The van der Waals surface area contributed by atoms with Crippen molar-refractivity contribution in [1.82, 2.24) is 4.98 Å². The fourth-order valence-corrected chi connectivity index (χ4v) is 1.67. The van der Waals surface area contributed by atoms with Crippen molar-refractivity contribution in [3.8, 4) is 6.07 Å². The lowest BCUT2D eigenvalue weighted by molar-refractivity contribution is 0.946. The zero-order valence-electron chi connectivity index (χ0n) is 8.93. The number of nitrogens with zero attached hydrogens (tertiary/aromatic N) is 2. The van der Waals surface area contributed by atoms with Crippen LogP contribution in [-0.2, 0) is 12.8 Å². The van der Waals surface area contributed by atoms with Crippen LogP contribution in [0.1, 0.15) is 16.7 Å². The summed E-state index contributed by atoms with van der Waals surface area (Å²) in [6, 6.07) is 13.9. The molecule has 0 amide bonds. The molecule has 2 rings (SSSR count). The summed E-state index contributed by atoms with van der Waals surface area (Å²) in [7, 11) is 0. The SMILES string of the molecule is N#Cc1ccccc1CCc1cccnc1. The number of nitriles is 1. The van der Waals surface area contributed by atoms with E-state index in [1.807, 2.05) is 36.5 Å². The maximum Gasteiger partial charge on any atom is 0.0994 e. The fraction of sp³-hybridized carbons (Fsp3) is 0.143. The minimum atomic E-state index is 0.770. The van der Waals surface area contributed by atoms with E-state index in [4.69, 9.17) is 5.26 Å². The maximum absolute atomic E-state index is 8.95. The van der Waals surface area contributed by atoms with Crippen molar-refractivity contribution in [1.29, 1.82) is 5.26 Å². The zero-order chi connectivity index (χ0) is 11.2. The van der Waals surface area contributed by atoms with E-state index in [9.17, 15) is 0 Å². The Bertz CT molecular complexity index is 498. The molecule has 0 unspecified atom stereocenters. The second kappa shape index (κ2) is 5.09. The number of hydrogen-bond donors (Lipinski definition) is 0. The van der Waals surface area contributed by atoms with Crippen molar-refractivity contribution in [2.45, 2.75) is 12.8 Å². The van der Waals surface area contributed by atoms with Gasteiger partial charge in [-0.25, -0.2) is 0 Å². The van der Waals surface area contributed by atoms with Gasteiger partial charge in [-0.15, -0.1) is 0 Å². The summed E-state index contributed by atoms with van der Waals surface area (Å²) < 4.78 is 0. The predicted octanol–water partition coefficient (Wildman–Crippen LogP) is 2.74. The lowest BCUT2D eigenvalue weighted by atomic mass is 10.0. The number of rotatable bonds is 3. The first-order chi connectivity index (χ1) is 7.90. The highest BCUT2D eigenvalue weighted by atomic mass is 14.6. The number of aryl methyl sites for hydroxylation is 2. The van der Waals surface area contributed by atoms with Crippen LogP contribution in [0.3, 0.4) is 0 Å². The van der Waals surface area contributed by atoms with Crippen molar-refractivity contribution >= 4 is 0 Å². The summed E-state index contributed by atoms with van der Waals surface area (Å²) in [4.78, 5) is 4.07. The van der Waals surface area contributed by atoms with Gasteiger partial charge in [0.05, 0.1) is 11.6 Å². The molecule has 0 aliphatic heterocycles. The van der Waals surface area contributed by atoms with Crippen LogP contribution in [-0.4, -0.2) is 4.98 Å². The summed E-state index contributed by atoms with van der Waals surface area (Å²) in [5, 5.41) is 8.95. The lowest BCUT2D eigenvalue weighted by Crippen LogP contribution is -1.94. The van der Waals surface area contributed by atoms with Gasteiger partial charge in [-0.3, -0.25) is 4.98 Å². The molecule has 0 spiro atoms. The molecule has 0 saturated carbocycles. The van der Waals surface area contributed by atoms with Crippen LogP contribution in [0, 0.1) is 11.3 Å². The molecule has 78 valence electrons. The molecule has 0 aliphatic rings. The van der Waals surface area contributed by atoms with E-state index in [1.54, 1.807) is 6.20 Å². The average molecular weight is 208 g/mol. The summed E-state index contributed by atoms with van der Waals surface area (Å²) in [6.45, 7) is 0. The largest absolute Gasteiger partial charge is 0.264 e. The maximum atomic E-state index is 8.95. The Kier molecular flexibility index (Phi) is 3.30. The van der Waals surface area contributed by atoms with E-state index in [-0.39, 0.29) is 0 Å². The van der Waals surface area contributed by atoms with Crippen LogP contribution in [0.5, 0.6) is 0 Å². The van der Waals surface area contributed by atoms with Crippen LogP contribution < -0.4 is 0 Å². The Morgan fingerprint density at radius 3 is 2.69 bits per heavy atom. The smallest absolute Gasteiger partial charge is 0.0994 e. The van der Waals surface area contributed by atoms with Crippen LogP contribution in [0.4, 0.5) is 0 Å². The van der Waals surface area contributed by atoms with Gasteiger partial charge in [0.25, 0.3) is 0 Å². The molecule has 1 aromatic carbocycles. The molecule has 0 atom stereocenters. The molecule has 1 heterocycles. The summed E-state index contributed by atoms with van der Waals surface area (Å²) in [5.41, 5.74) is 3.08. The predicted molar refractivity (Wildman–Crippen MR) is 62.8 cm³/mol. The third-order valence-corrected chi connectivity index (χ3v) is 2.54. The van der Waals surface area contributed by atoms with Gasteiger partial charge in [-0.1, -0.05) is 24.3 Å². The standard InChI is InChI=1S/C14H12N2/c15-10-14-6-2-1-5-13(14)8-7-12-4-3-9-16-11-12/h1-6,9,11H,7-8H2.